The maximum absolute atomic E-state index is 4.81. The first-order chi connectivity index (χ1) is 9.67. The van der Waals surface area contributed by atoms with Crippen molar-refractivity contribution in [2.75, 3.05) is 35.3 Å². The Hall–Kier alpha value is -0.970. The van der Waals surface area contributed by atoms with E-state index < -0.39 is 0 Å². The summed E-state index contributed by atoms with van der Waals surface area (Å²) in [5.74, 6) is 5.53. The van der Waals surface area contributed by atoms with E-state index in [2.05, 4.69) is 43.0 Å². The smallest absolute Gasteiger partial charge is 0.137 e. The van der Waals surface area contributed by atoms with Gasteiger partial charge in [-0.05, 0) is 32.4 Å². The van der Waals surface area contributed by atoms with Gasteiger partial charge in [0.2, 0.25) is 0 Å². The summed E-state index contributed by atoms with van der Waals surface area (Å²) in [5.41, 5.74) is 1.17. The van der Waals surface area contributed by atoms with Crippen LogP contribution in [0.2, 0.25) is 0 Å². The van der Waals surface area contributed by atoms with Gasteiger partial charge in [-0.2, -0.15) is 11.8 Å². The van der Waals surface area contributed by atoms with Crippen LogP contribution in [-0.4, -0.2) is 41.1 Å². The number of nitrogens with one attached hydrogen (secondary N) is 1. The fourth-order valence-electron chi connectivity index (χ4n) is 2.57. The van der Waals surface area contributed by atoms with E-state index >= 15 is 0 Å². The van der Waals surface area contributed by atoms with Gasteiger partial charge in [0.25, 0.3) is 0 Å². The monoisotopic (exact) mass is 294 g/mol. The minimum Gasteiger partial charge on any atom is -0.370 e. The summed E-state index contributed by atoms with van der Waals surface area (Å²) in [6.45, 7) is 7.30. The highest BCUT2D eigenvalue weighted by Gasteiger charge is 2.23. The second-order valence-corrected chi connectivity index (χ2v) is 6.50. The van der Waals surface area contributed by atoms with Crippen LogP contribution >= 0.6 is 11.8 Å². The zero-order valence-corrected chi connectivity index (χ0v) is 13.9. The van der Waals surface area contributed by atoms with E-state index in [9.17, 15) is 0 Å². The average molecular weight is 294 g/mol. The molecule has 0 radical (unpaired) electrons. The molecular weight excluding hydrogens is 268 g/mol. The lowest BCUT2D eigenvalue weighted by Crippen LogP contribution is -2.33. The number of thioether (sulfide) groups is 1. The highest BCUT2D eigenvalue weighted by Crippen LogP contribution is 2.29. The zero-order valence-electron chi connectivity index (χ0n) is 13.1. The Balaban J connectivity index is 2.33. The van der Waals surface area contributed by atoms with Gasteiger partial charge in [0.15, 0.2) is 0 Å². The van der Waals surface area contributed by atoms with E-state index in [0.29, 0.717) is 6.04 Å². The number of anilines is 2. The molecule has 1 atom stereocenters. The minimum atomic E-state index is 0.609. The van der Waals surface area contributed by atoms with Crippen LogP contribution in [0.1, 0.15) is 38.1 Å². The van der Waals surface area contributed by atoms with Crippen LogP contribution in [0.3, 0.4) is 0 Å². The number of nitrogens with zero attached hydrogens (tertiary/aromatic N) is 3. The van der Waals surface area contributed by atoms with Crippen molar-refractivity contribution in [1.82, 2.24) is 9.97 Å². The third-order valence-electron chi connectivity index (χ3n) is 3.77. The van der Waals surface area contributed by atoms with Crippen LogP contribution in [0.25, 0.3) is 0 Å². The van der Waals surface area contributed by atoms with Crippen LogP contribution < -0.4 is 10.2 Å². The average Bonchev–Trinajstić information content (AvgIpc) is 2.96. The molecule has 0 aliphatic carbocycles. The lowest BCUT2D eigenvalue weighted by Gasteiger charge is -2.27. The number of hydrogen-bond acceptors (Lipinski definition) is 5. The second-order valence-electron chi connectivity index (χ2n) is 5.35. The van der Waals surface area contributed by atoms with Gasteiger partial charge in [0.05, 0.1) is 0 Å². The van der Waals surface area contributed by atoms with Crippen LogP contribution in [0.5, 0.6) is 0 Å². The van der Waals surface area contributed by atoms with E-state index in [4.69, 9.17) is 4.98 Å². The fourth-order valence-corrected chi connectivity index (χ4v) is 3.84. The number of aromatic nitrogens is 2. The summed E-state index contributed by atoms with van der Waals surface area (Å²) < 4.78 is 0. The molecule has 1 fully saturated rings. The van der Waals surface area contributed by atoms with Crippen molar-refractivity contribution in [3.8, 4) is 0 Å². The van der Waals surface area contributed by atoms with Crippen molar-refractivity contribution in [2.45, 2.75) is 46.1 Å². The number of aryl methyl sites for hydroxylation is 1. The summed E-state index contributed by atoms with van der Waals surface area (Å²) in [6, 6.07) is 0.609. The third kappa shape index (κ3) is 3.37. The molecule has 1 N–H and O–H groups in total. The van der Waals surface area contributed by atoms with Gasteiger partial charge in [-0.15, -0.1) is 0 Å². The van der Waals surface area contributed by atoms with E-state index in [-0.39, 0.29) is 0 Å². The first-order valence-electron chi connectivity index (χ1n) is 7.59. The highest BCUT2D eigenvalue weighted by molar-refractivity contribution is 7.99. The van der Waals surface area contributed by atoms with Gasteiger partial charge in [0, 0.05) is 37.4 Å². The largest absolute Gasteiger partial charge is 0.370 e. The molecule has 1 aliphatic rings. The molecule has 0 spiro atoms. The second kappa shape index (κ2) is 7.16. The molecule has 1 aromatic rings. The lowest BCUT2D eigenvalue weighted by atomic mass is 10.2. The Morgan fingerprint density at radius 3 is 2.75 bits per heavy atom. The van der Waals surface area contributed by atoms with Crippen molar-refractivity contribution >= 4 is 23.4 Å². The van der Waals surface area contributed by atoms with Crippen LogP contribution in [-0.2, 0) is 6.42 Å². The van der Waals surface area contributed by atoms with Crippen LogP contribution in [0.15, 0.2) is 0 Å². The molecule has 2 rings (SSSR count). The van der Waals surface area contributed by atoms with Crippen molar-refractivity contribution < 1.29 is 0 Å². The molecular formula is C15H26N4S. The molecule has 1 unspecified atom stereocenters. The van der Waals surface area contributed by atoms with Crippen LogP contribution in [0, 0.1) is 6.92 Å². The molecule has 20 heavy (non-hydrogen) atoms. The molecule has 0 aromatic carbocycles. The molecule has 1 saturated heterocycles. The highest BCUT2D eigenvalue weighted by atomic mass is 32.2. The van der Waals surface area contributed by atoms with E-state index in [1.54, 1.807) is 0 Å². The van der Waals surface area contributed by atoms with E-state index in [1.165, 1.54) is 23.5 Å². The first kappa shape index (κ1) is 15.4. The van der Waals surface area contributed by atoms with Crippen molar-refractivity contribution in [2.24, 2.45) is 0 Å². The number of hydrogen-bond donors (Lipinski definition) is 1. The molecule has 5 heteroatoms. The van der Waals surface area contributed by atoms with E-state index in [1.807, 2.05) is 11.8 Å². The Morgan fingerprint density at radius 2 is 2.15 bits per heavy atom. The Morgan fingerprint density at radius 1 is 1.35 bits per heavy atom. The quantitative estimate of drug-likeness (QED) is 0.873. The third-order valence-corrected chi connectivity index (χ3v) is 4.92. The summed E-state index contributed by atoms with van der Waals surface area (Å²) in [7, 11) is 2.18. The predicted octanol–water partition coefficient (Wildman–Crippen LogP) is 3.11. The molecule has 0 saturated carbocycles. The summed E-state index contributed by atoms with van der Waals surface area (Å²) in [4.78, 5) is 11.8. The molecule has 1 aromatic heterocycles. The van der Waals surface area contributed by atoms with Gasteiger partial charge < -0.3 is 10.2 Å². The zero-order chi connectivity index (χ0) is 14.5. The van der Waals surface area contributed by atoms with Gasteiger partial charge in [-0.3, -0.25) is 0 Å². The predicted molar refractivity (Wildman–Crippen MR) is 89.1 cm³/mol. The molecule has 0 amide bonds. The molecule has 4 nitrogen and oxygen atoms in total. The van der Waals surface area contributed by atoms with Gasteiger partial charge in [-0.1, -0.05) is 6.92 Å². The Labute approximate surface area is 126 Å². The van der Waals surface area contributed by atoms with Crippen molar-refractivity contribution in [1.29, 1.82) is 0 Å². The maximum atomic E-state index is 4.81. The van der Waals surface area contributed by atoms with Crippen molar-refractivity contribution in [3.05, 3.63) is 11.4 Å². The van der Waals surface area contributed by atoms with Crippen LogP contribution in [0.4, 0.5) is 11.6 Å². The molecule has 112 valence electrons. The summed E-state index contributed by atoms with van der Waals surface area (Å²) >= 11 is 2.04. The molecule has 2 heterocycles. The van der Waals surface area contributed by atoms with Gasteiger partial charge in [-0.25, -0.2) is 9.97 Å². The Kier molecular flexibility index (Phi) is 5.52. The lowest BCUT2D eigenvalue weighted by molar-refractivity contribution is 0.683. The summed E-state index contributed by atoms with van der Waals surface area (Å²) in [6.07, 6.45) is 3.28. The van der Waals surface area contributed by atoms with Gasteiger partial charge >= 0.3 is 0 Å². The van der Waals surface area contributed by atoms with Crippen molar-refractivity contribution in [3.63, 3.8) is 0 Å². The van der Waals surface area contributed by atoms with E-state index in [0.717, 1.165) is 36.8 Å². The topological polar surface area (TPSA) is 41.1 Å². The fraction of sp³-hybridized carbons (Fsp3) is 0.733. The SMILES string of the molecule is CCCc1nc(NCC)c(C)c(N(C)C2CCSC2)n1. The minimum absolute atomic E-state index is 0.609. The molecule has 1 aliphatic heterocycles. The molecule has 0 bridgehead atoms. The number of rotatable bonds is 6. The maximum Gasteiger partial charge on any atom is 0.137 e. The standard InChI is InChI=1S/C15H26N4S/c1-5-7-13-17-14(16-6-2)11(3)15(18-13)19(4)12-8-9-20-10-12/h12H,5-10H2,1-4H3,(H,16,17,18). The first-order valence-corrected chi connectivity index (χ1v) is 8.74. The normalized spacial score (nSPS) is 18.3. The summed E-state index contributed by atoms with van der Waals surface area (Å²) in [5, 5.41) is 3.38. The Bertz CT molecular complexity index is 444. The van der Waals surface area contributed by atoms with Gasteiger partial charge in [0.1, 0.15) is 17.5 Å².